The lowest BCUT2D eigenvalue weighted by molar-refractivity contribution is 1.10. The SMILES string of the molecule is CCc1ccc([Si])c(CC)c1. The van der Waals surface area contributed by atoms with Crippen LogP contribution in [-0.2, 0) is 12.8 Å². The first-order valence-corrected chi connectivity index (χ1v) is 4.61. The number of hydrogen-bond acceptors (Lipinski definition) is 0. The summed E-state index contributed by atoms with van der Waals surface area (Å²) in [4.78, 5) is 0. The lowest BCUT2D eigenvalue weighted by Gasteiger charge is -2.04. The van der Waals surface area contributed by atoms with Gasteiger partial charge in [0.15, 0.2) is 0 Å². The molecule has 1 heteroatoms. The Morgan fingerprint density at radius 3 is 2.45 bits per heavy atom. The highest BCUT2D eigenvalue weighted by Crippen LogP contribution is 2.03. The molecular formula is C10H13Si. The molecule has 0 bridgehead atoms. The summed E-state index contributed by atoms with van der Waals surface area (Å²) >= 11 is 0. The van der Waals surface area contributed by atoms with E-state index in [2.05, 4.69) is 42.3 Å². The minimum absolute atomic E-state index is 1.10. The van der Waals surface area contributed by atoms with Crippen molar-refractivity contribution < 1.29 is 0 Å². The fourth-order valence-electron chi connectivity index (χ4n) is 1.16. The van der Waals surface area contributed by atoms with Crippen LogP contribution in [0.25, 0.3) is 0 Å². The smallest absolute Gasteiger partial charge is 0.0642 e. The zero-order chi connectivity index (χ0) is 8.27. The van der Waals surface area contributed by atoms with Gasteiger partial charge in [0.25, 0.3) is 0 Å². The summed E-state index contributed by atoms with van der Waals surface area (Å²) in [6.07, 6.45) is 2.23. The summed E-state index contributed by atoms with van der Waals surface area (Å²) in [6, 6.07) is 6.57. The number of aryl methyl sites for hydroxylation is 2. The van der Waals surface area contributed by atoms with Crippen molar-refractivity contribution in [1.29, 1.82) is 0 Å². The van der Waals surface area contributed by atoms with Crippen molar-refractivity contribution in [2.45, 2.75) is 26.7 Å². The van der Waals surface area contributed by atoms with Crippen molar-refractivity contribution in [1.82, 2.24) is 0 Å². The van der Waals surface area contributed by atoms with Gasteiger partial charge in [-0.25, -0.2) is 0 Å². The summed E-state index contributed by atoms with van der Waals surface area (Å²) in [6.45, 7) is 4.36. The maximum absolute atomic E-state index is 3.57. The first kappa shape index (κ1) is 8.53. The van der Waals surface area contributed by atoms with Crippen molar-refractivity contribution in [3.05, 3.63) is 29.3 Å². The molecular weight excluding hydrogens is 148 g/mol. The molecule has 0 saturated heterocycles. The van der Waals surface area contributed by atoms with Gasteiger partial charge in [-0.1, -0.05) is 37.2 Å². The van der Waals surface area contributed by atoms with E-state index >= 15 is 0 Å². The van der Waals surface area contributed by atoms with Gasteiger partial charge in [-0.3, -0.25) is 0 Å². The predicted molar refractivity (Wildman–Crippen MR) is 50.6 cm³/mol. The number of rotatable bonds is 2. The van der Waals surface area contributed by atoms with Gasteiger partial charge in [-0.05, 0) is 24.0 Å². The lowest BCUT2D eigenvalue weighted by Crippen LogP contribution is -2.09. The summed E-state index contributed by atoms with van der Waals surface area (Å²) in [5.74, 6) is 0. The van der Waals surface area contributed by atoms with E-state index in [1.165, 1.54) is 16.3 Å². The molecule has 0 atom stereocenters. The van der Waals surface area contributed by atoms with Crippen LogP contribution in [0.1, 0.15) is 25.0 Å². The summed E-state index contributed by atoms with van der Waals surface area (Å²) < 4.78 is 0. The Labute approximate surface area is 72.1 Å². The minimum Gasteiger partial charge on any atom is -0.0642 e. The van der Waals surface area contributed by atoms with E-state index < -0.39 is 0 Å². The van der Waals surface area contributed by atoms with Gasteiger partial charge in [0.05, 0.1) is 10.2 Å². The molecule has 1 aromatic rings. The molecule has 1 aromatic carbocycles. The third-order valence-corrected chi connectivity index (χ3v) is 2.45. The average Bonchev–Trinajstić information content (AvgIpc) is 2.05. The highest BCUT2D eigenvalue weighted by molar-refractivity contribution is 6.33. The Hall–Kier alpha value is -0.563. The van der Waals surface area contributed by atoms with Crippen molar-refractivity contribution in [3.63, 3.8) is 0 Å². The largest absolute Gasteiger partial charge is 0.0715 e. The number of benzene rings is 1. The van der Waals surface area contributed by atoms with Crippen LogP contribution in [0.3, 0.4) is 0 Å². The van der Waals surface area contributed by atoms with Gasteiger partial charge in [0.2, 0.25) is 0 Å². The Morgan fingerprint density at radius 2 is 1.91 bits per heavy atom. The van der Waals surface area contributed by atoms with Crippen molar-refractivity contribution in [2.75, 3.05) is 0 Å². The molecule has 0 aliphatic heterocycles. The van der Waals surface area contributed by atoms with Gasteiger partial charge < -0.3 is 0 Å². The first-order valence-electron chi connectivity index (χ1n) is 4.11. The number of hydrogen-bond donors (Lipinski definition) is 0. The molecule has 57 valence electrons. The van der Waals surface area contributed by atoms with Crippen LogP contribution in [-0.4, -0.2) is 10.2 Å². The van der Waals surface area contributed by atoms with Gasteiger partial charge >= 0.3 is 0 Å². The minimum atomic E-state index is 1.10. The second-order valence-electron chi connectivity index (χ2n) is 2.70. The van der Waals surface area contributed by atoms with E-state index in [0.717, 1.165) is 12.8 Å². The molecule has 0 unspecified atom stereocenters. The van der Waals surface area contributed by atoms with Gasteiger partial charge in [0.1, 0.15) is 0 Å². The van der Waals surface area contributed by atoms with E-state index in [-0.39, 0.29) is 0 Å². The van der Waals surface area contributed by atoms with Crippen LogP contribution in [0.4, 0.5) is 0 Å². The second kappa shape index (κ2) is 3.72. The van der Waals surface area contributed by atoms with E-state index in [4.69, 9.17) is 0 Å². The molecule has 0 aromatic heterocycles. The average molecular weight is 161 g/mol. The van der Waals surface area contributed by atoms with Crippen LogP contribution in [0.2, 0.25) is 0 Å². The summed E-state index contributed by atoms with van der Waals surface area (Å²) in [5, 5.41) is 1.23. The zero-order valence-electron chi connectivity index (χ0n) is 7.15. The molecule has 3 radical (unpaired) electrons. The van der Waals surface area contributed by atoms with Crippen LogP contribution in [0, 0.1) is 0 Å². The molecule has 0 nitrogen and oxygen atoms in total. The molecule has 0 N–H and O–H groups in total. The molecule has 0 heterocycles. The molecule has 11 heavy (non-hydrogen) atoms. The maximum atomic E-state index is 3.57. The summed E-state index contributed by atoms with van der Waals surface area (Å²) in [5.41, 5.74) is 2.82. The van der Waals surface area contributed by atoms with Crippen LogP contribution >= 0.6 is 0 Å². The Kier molecular flexibility index (Phi) is 2.89. The molecule has 0 fully saturated rings. The summed E-state index contributed by atoms with van der Waals surface area (Å²) in [7, 11) is 3.57. The standard InChI is InChI=1S/C10H13Si/c1-3-8-5-6-10(11)9(4-2)7-8/h5-7H,3-4H2,1-2H3. The van der Waals surface area contributed by atoms with Gasteiger partial charge in [-0.15, -0.1) is 0 Å². The molecule has 1 rings (SSSR count). The third-order valence-electron chi connectivity index (χ3n) is 1.96. The highest BCUT2D eigenvalue weighted by Gasteiger charge is 1.95. The quantitative estimate of drug-likeness (QED) is 0.578. The van der Waals surface area contributed by atoms with Crippen LogP contribution in [0.15, 0.2) is 18.2 Å². The molecule has 0 aliphatic carbocycles. The highest BCUT2D eigenvalue weighted by atomic mass is 28.1. The fraction of sp³-hybridized carbons (Fsp3) is 0.400. The third kappa shape index (κ3) is 1.93. The Bertz CT molecular complexity index is 241. The molecule has 0 spiro atoms. The van der Waals surface area contributed by atoms with E-state index in [0.29, 0.717) is 0 Å². The maximum Gasteiger partial charge on any atom is 0.0715 e. The van der Waals surface area contributed by atoms with Gasteiger partial charge in [0, 0.05) is 0 Å². The van der Waals surface area contributed by atoms with Crippen LogP contribution in [0.5, 0.6) is 0 Å². The van der Waals surface area contributed by atoms with E-state index in [1.807, 2.05) is 0 Å². The van der Waals surface area contributed by atoms with Gasteiger partial charge in [-0.2, -0.15) is 0 Å². The zero-order valence-corrected chi connectivity index (χ0v) is 8.15. The monoisotopic (exact) mass is 161 g/mol. The first-order chi connectivity index (χ1) is 5.27. The van der Waals surface area contributed by atoms with Crippen LogP contribution < -0.4 is 5.19 Å². The lowest BCUT2D eigenvalue weighted by atomic mass is 10.1. The molecule has 0 aliphatic rings. The topological polar surface area (TPSA) is 0 Å². The normalized spacial score (nSPS) is 10.1. The van der Waals surface area contributed by atoms with E-state index in [9.17, 15) is 0 Å². The van der Waals surface area contributed by atoms with Crippen molar-refractivity contribution >= 4 is 15.4 Å². The second-order valence-corrected chi connectivity index (χ2v) is 3.24. The van der Waals surface area contributed by atoms with E-state index in [1.54, 1.807) is 0 Å². The Balaban J connectivity index is 3.02. The predicted octanol–water partition coefficient (Wildman–Crippen LogP) is 1.61. The molecule has 0 saturated carbocycles. The van der Waals surface area contributed by atoms with Crippen molar-refractivity contribution in [2.24, 2.45) is 0 Å². The molecule has 0 amide bonds. The van der Waals surface area contributed by atoms with Crippen molar-refractivity contribution in [3.8, 4) is 0 Å². The Morgan fingerprint density at radius 1 is 1.18 bits per heavy atom. The fourth-order valence-corrected chi connectivity index (χ4v) is 1.49.